The fraction of sp³-hybridized carbons (Fsp3) is 0.273. The molecule has 0 unspecified atom stereocenters. The number of nitrogens with one attached hydrogen (secondary N) is 2. The summed E-state index contributed by atoms with van der Waals surface area (Å²) in [5.41, 5.74) is 1.19. The smallest absolute Gasteiger partial charge is 0.253 e. The van der Waals surface area contributed by atoms with E-state index >= 15 is 0 Å². The van der Waals surface area contributed by atoms with Crippen LogP contribution in [0.25, 0.3) is 0 Å². The lowest BCUT2D eigenvalue weighted by Crippen LogP contribution is -2.31. The molecule has 0 atom stereocenters. The van der Waals surface area contributed by atoms with Crippen molar-refractivity contribution in [2.24, 2.45) is 0 Å². The number of amides is 2. The van der Waals surface area contributed by atoms with Gasteiger partial charge < -0.3 is 15.4 Å². The summed E-state index contributed by atoms with van der Waals surface area (Å²) in [6.45, 7) is 3.99. The summed E-state index contributed by atoms with van der Waals surface area (Å²) in [7, 11) is -2.04. The Bertz CT molecular complexity index is 1040. The van der Waals surface area contributed by atoms with E-state index in [9.17, 15) is 18.0 Å². The number of hydrogen-bond acceptors (Lipinski definition) is 5. The second kappa shape index (κ2) is 11.2. The van der Waals surface area contributed by atoms with Gasteiger partial charge in [-0.25, -0.2) is 8.42 Å². The number of anilines is 2. The molecular weight excluding hydrogens is 418 g/mol. The van der Waals surface area contributed by atoms with Crippen LogP contribution in [-0.4, -0.2) is 46.7 Å². The lowest BCUT2D eigenvalue weighted by Gasteiger charge is -2.22. The maximum Gasteiger partial charge on any atom is 0.253 e. The number of hydrogen-bond donors (Lipinski definition) is 2. The van der Waals surface area contributed by atoms with Crippen molar-refractivity contribution in [2.45, 2.75) is 12.8 Å². The molecule has 0 fully saturated rings. The summed E-state index contributed by atoms with van der Waals surface area (Å²) in [5, 5.41) is 5.40. The first kappa shape index (κ1) is 23.9. The molecule has 2 amide bonds. The SMILES string of the molecule is C=CCNC(=O)c1ccccc1NC(=O)CCCN(c1cccc(OC)c1)S(C)(=O)=O. The van der Waals surface area contributed by atoms with Crippen molar-refractivity contribution in [3.05, 3.63) is 66.7 Å². The number of para-hydroxylation sites is 1. The van der Waals surface area contributed by atoms with Crippen LogP contribution in [0.15, 0.2) is 61.2 Å². The standard InChI is InChI=1S/C22H27N3O5S/c1-4-14-23-22(27)19-11-5-6-12-20(19)24-21(26)13-8-15-25(31(3,28)29)17-9-7-10-18(16-17)30-2/h4-7,9-12,16H,1,8,13-15H2,2-3H3,(H,23,27)(H,24,26). The lowest BCUT2D eigenvalue weighted by molar-refractivity contribution is -0.116. The Morgan fingerprint density at radius 3 is 2.58 bits per heavy atom. The molecule has 0 heterocycles. The summed E-state index contributed by atoms with van der Waals surface area (Å²) < 4.78 is 30.9. The monoisotopic (exact) mass is 445 g/mol. The van der Waals surface area contributed by atoms with E-state index < -0.39 is 10.0 Å². The third kappa shape index (κ3) is 7.14. The van der Waals surface area contributed by atoms with Crippen molar-refractivity contribution >= 4 is 33.2 Å². The molecule has 0 aliphatic heterocycles. The van der Waals surface area contributed by atoms with E-state index in [2.05, 4.69) is 17.2 Å². The van der Waals surface area contributed by atoms with Gasteiger partial charge in [0.05, 0.1) is 30.3 Å². The number of benzene rings is 2. The minimum Gasteiger partial charge on any atom is -0.497 e. The number of methoxy groups -OCH3 is 1. The van der Waals surface area contributed by atoms with Gasteiger partial charge in [-0.1, -0.05) is 24.3 Å². The summed E-state index contributed by atoms with van der Waals surface area (Å²) in [6, 6.07) is 13.4. The molecular formula is C22H27N3O5S. The highest BCUT2D eigenvalue weighted by molar-refractivity contribution is 7.92. The zero-order chi connectivity index (χ0) is 22.9. The molecule has 2 aromatic rings. The maximum atomic E-state index is 12.4. The Labute approximate surface area is 183 Å². The number of carbonyl (C=O) groups is 2. The minimum absolute atomic E-state index is 0.0819. The summed E-state index contributed by atoms with van der Waals surface area (Å²) >= 11 is 0. The zero-order valence-electron chi connectivity index (χ0n) is 17.6. The highest BCUT2D eigenvalue weighted by Crippen LogP contribution is 2.23. The van der Waals surface area contributed by atoms with Gasteiger partial charge in [0.2, 0.25) is 15.9 Å². The van der Waals surface area contributed by atoms with Gasteiger partial charge in [0.15, 0.2) is 0 Å². The Morgan fingerprint density at radius 1 is 1.16 bits per heavy atom. The molecule has 0 saturated carbocycles. The third-order valence-electron chi connectivity index (χ3n) is 4.36. The molecule has 2 aromatic carbocycles. The van der Waals surface area contributed by atoms with Gasteiger partial charge in [0.1, 0.15) is 5.75 Å². The average molecular weight is 446 g/mol. The number of sulfonamides is 1. The van der Waals surface area contributed by atoms with E-state index in [1.54, 1.807) is 54.6 Å². The van der Waals surface area contributed by atoms with E-state index in [4.69, 9.17) is 4.74 Å². The molecule has 0 radical (unpaired) electrons. The predicted molar refractivity (Wildman–Crippen MR) is 122 cm³/mol. The van der Waals surface area contributed by atoms with E-state index in [0.29, 0.717) is 35.7 Å². The Balaban J connectivity index is 2.02. The van der Waals surface area contributed by atoms with Crippen LogP contribution >= 0.6 is 0 Å². The van der Waals surface area contributed by atoms with Crippen LogP contribution in [0.5, 0.6) is 5.75 Å². The Kier molecular flexibility index (Phi) is 8.63. The molecule has 0 aliphatic rings. The van der Waals surface area contributed by atoms with Gasteiger partial charge in [0, 0.05) is 25.6 Å². The molecule has 9 heteroatoms. The van der Waals surface area contributed by atoms with E-state index in [1.165, 1.54) is 11.4 Å². The van der Waals surface area contributed by atoms with Crippen molar-refractivity contribution in [3.63, 3.8) is 0 Å². The summed E-state index contributed by atoms with van der Waals surface area (Å²) in [6.07, 6.45) is 3.05. The van der Waals surface area contributed by atoms with E-state index in [-0.39, 0.29) is 24.8 Å². The van der Waals surface area contributed by atoms with Crippen molar-refractivity contribution in [1.29, 1.82) is 0 Å². The minimum atomic E-state index is -3.54. The van der Waals surface area contributed by atoms with Gasteiger partial charge in [-0.3, -0.25) is 13.9 Å². The van der Waals surface area contributed by atoms with Crippen molar-refractivity contribution in [3.8, 4) is 5.75 Å². The molecule has 8 nitrogen and oxygen atoms in total. The average Bonchev–Trinajstić information content (AvgIpc) is 2.74. The molecule has 166 valence electrons. The number of nitrogens with zero attached hydrogens (tertiary/aromatic N) is 1. The largest absolute Gasteiger partial charge is 0.497 e. The molecule has 0 aromatic heterocycles. The Morgan fingerprint density at radius 2 is 1.90 bits per heavy atom. The molecule has 0 saturated heterocycles. The Hall–Kier alpha value is -3.33. The van der Waals surface area contributed by atoms with Gasteiger partial charge in [-0.15, -0.1) is 6.58 Å². The number of ether oxygens (including phenoxy) is 1. The molecule has 2 N–H and O–H groups in total. The molecule has 0 bridgehead atoms. The lowest BCUT2D eigenvalue weighted by atomic mass is 10.1. The molecule has 0 spiro atoms. The van der Waals surface area contributed by atoms with Gasteiger partial charge in [-0.05, 0) is 30.7 Å². The highest BCUT2D eigenvalue weighted by Gasteiger charge is 2.19. The van der Waals surface area contributed by atoms with Crippen molar-refractivity contribution in [1.82, 2.24) is 5.32 Å². The normalized spacial score (nSPS) is 10.8. The van der Waals surface area contributed by atoms with Crippen LogP contribution in [0.3, 0.4) is 0 Å². The van der Waals surface area contributed by atoms with E-state index in [1.807, 2.05) is 0 Å². The van der Waals surface area contributed by atoms with Gasteiger partial charge in [0.25, 0.3) is 5.91 Å². The zero-order valence-corrected chi connectivity index (χ0v) is 18.4. The fourth-order valence-corrected chi connectivity index (χ4v) is 3.86. The summed E-state index contributed by atoms with van der Waals surface area (Å²) in [5.74, 6) is -0.102. The number of carbonyl (C=O) groups excluding carboxylic acids is 2. The van der Waals surface area contributed by atoms with Crippen molar-refractivity contribution < 1.29 is 22.7 Å². The van der Waals surface area contributed by atoms with Crippen LogP contribution in [0, 0.1) is 0 Å². The number of rotatable bonds is 11. The quantitative estimate of drug-likeness (QED) is 0.518. The first-order valence-electron chi connectivity index (χ1n) is 9.66. The first-order valence-corrected chi connectivity index (χ1v) is 11.5. The highest BCUT2D eigenvalue weighted by atomic mass is 32.2. The van der Waals surface area contributed by atoms with Crippen molar-refractivity contribution in [2.75, 3.05) is 36.1 Å². The summed E-state index contributed by atoms with van der Waals surface area (Å²) in [4.78, 5) is 24.7. The second-order valence-corrected chi connectivity index (χ2v) is 8.64. The second-order valence-electron chi connectivity index (χ2n) is 6.73. The van der Waals surface area contributed by atoms with Crippen LogP contribution in [0.1, 0.15) is 23.2 Å². The van der Waals surface area contributed by atoms with E-state index in [0.717, 1.165) is 6.26 Å². The van der Waals surface area contributed by atoms with Gasteiger partial charge >= 0.3 is 0 Å². The first-order chi connectivity index (χ1) is 14.8. The molecule has 0 aliphatic carbocycles. The van der Waals surface area contributed by atoms with Gasteiger partial charge in [-0.2, -0.15) is 0 Å². The third-order valence-corrected chi connectivity index (χ3v) is 5.55. The fourth-order valence-electron chi connectivity index (χ4n) is 2.90. The van der Waals surface area contributed by atoms with Crippen LogP contribution < -0.4 is 19.7 Å². The predicted octanol–water partition coefficient (Wildman–Crippen LogP) is 2.80. The molecule has 2 rings (SSSR count). The topological polar surface area (TPSA) is 105 Å². The van der Waals surface area contributed by atoms with Crippen LogP contribution in [-0.2, 0) is 14.8 Å². The molecule has 31 heavy (non-hydrogen) atoms. The maximum absolute atomic E-state index is 12.4. The van der Waals surface area contributed by atoms with Crippen LogP contribution in [0.2, 0.25) is 0 Å². The van der Waals surface area contributed by atoms with Crippen LogP contribution in [0.4, 0.5) is 11.4 Å².